The first-order valence-electron chi connectivity index (χ1n) is 10.1. The number of carbonyl (C=O) groups excluding carboxylic acids is 1. The topological polar surface area (TPSA) is 42.0 Å². The number of rotatable bonds is 8. The number of hydrogen-bond donors (Lipinski definition) is 0. The number of nitrogens with zero attached hydrogens (tertiary/aromatic N) is 2. The van der Waals surface area contributed by atoms with Crippen molar-refractivity contribution < 1.29 is 14.3 Å². The lowest BCUT2D eigenvalue weighted by atomic mass is 10.1. The van der Waals surface area contributed by atoms with Gasteiger partial charge in [-0.15, -0.1) is 0 Å². The van der Waals surface area contributed by atoms with Gasteiger partial charge in [-0.05, 0) is 52.1 Å². The molecule has 2 aromatic rings. The maximum absolute atomic E-state index is 12.6. The minimum atomic E-state index is 0.0549. The summed E-state index contributed by atoms with van der Waals surface area (Å²) in [6.07, 6.45) is 3.49. The van der Waals surface area contributed by atoms with Crippen molar-refractivity contribution in [2.24, 2.45) is 5.92 Å². The second kappa shape index (κ2) is 10.5. The third kappa shape index (κ3) is 6.34. The summed E-state index contributed by atoms with van der Waals surface area (Å²) >= 11 is 1.73. The van der Waals surface area contributed by atoms with Crippen LogP contribution in [0.5, 0.6) is 11.5 Å². The molecule has 1 aromatic heterocycles. The average molecular weight is 415 g/mol. The molecule has 0 atom stereocenters. The van der Waals surface area contributed by atoms with Crippen molar-refractivity contribution in [2.75, 3.05) is 39.9 Å². The van der Waals surface area contributed by atoms with E-state index in [2.05, 4.69) is 35.6 Å². The average Bonchev–Trinajstić information content (AvgIpc) is 3.24. The van der Waals surface area contributed by atoms with Crippen molar-refractivity contribution in [3.05, 3.63) is 52.2 Å². The van der Waals surface area contributed by atoms with Gasteiger partial charge in [-0.2, -0.15) is 11.3 Å². The molecule has 0 bridgehead atoms. The van der Waals surface area contributed by atoms with Gasteiger partial charge in [-0.1, -0.05) is 19.9 Å². The van der Waals surface area contributed by atoms with Crippen LogP contribution in [0.2, 0.25) is 0 Å². The highest BCUT2D eigenvalue weighted by molar-refractivity contribution is 7.07. The predicted molar refractivity (Wildman–Crippen MR) is 119 cm³/mol. The number of benzene rings is 1. The van der Waals surface area contributed by atoms with E-state index in [4.69, 9.17) is 9.47 Å². The van der Waals surface area contributed by atoms with Gasteiger partial charge in [0.15, 0.2) is 11.5 Å². The SMILES string of the molecule is COc1cc(/C=C/C(=O)N2CCN(Cc3ccsc3)CC2)ccc1OCC(C)C. The van der Waals surface area contributed by atoms with Gasteiger partial charge in [0.25, 0.3) is 0 Å². The van der Waals surface area contributed by atoms with Crippen molar-refractivity contribution in [3.63, 3.8) is 0 Å². The standard InChI is InChI=1S/C23H30N2O3S/c1-18(2)16-28-21-6-4-19(14-22(21)27-3)5-7-23(26)25-11-9-24(10-12-25)15-20-8-13-29-17-20/h4-8,13-14,17-18H,9-12,15-16H2,1-3H3/b7-5+. The third-order valence-electron chi connectivity index (χ3n) is 4.85. The Morgan fingerprint density at radius 1 is 1.17 bits per heavy atom. The zero-order valence-electron chi connectivity index (χ0n) is 17.5. The molecule has 1 fully saturated rings. The van der Waals surface area contributed by atoms with E-state index in [1.54, 1.807) is 24.5 Å². The van der Waals surface area contributed by atoms with E-state index in [1.165, 1.54) is 5.56 Å². The van der Waals surface area contributed by atoms with E-state index in [1.807, 2.05) is 29.2 Å². The summed E-state index contributed by atoms with van der Waals surface area (Å²) in [7, 11) is 1.63. The summed E-state index contributed by atoms with van der Waals surface area (Å²) in [5.74, 6) is 1.91. The molecule has 1 aliphatic heterocycles. The minimum absolute atomic E-state index is 0.0549. The van der Waals surface area contributed by atoms with Crippen molar-refractivity contribution in [1.82, 2.24) is 9.80 Å². The van der Waals surface area contributed by atoms with Crippen molar-refractivity contribution in [1.29, 1.82) is 0 Å². The van der Waals surface area contributed by atoms with Gasteiger partial charge in [0.05, 0.1) is 13.7 Å². The number of methoxy groups -OCH3 is 1. The summed E-state index contributed by atoms with van der Waals surface area (Å²) in [5.41, 5.74) is 2.27. The highest BCUT2D eigenvalue weighted by atomic mass is 32.1. The Morgan fingerprint density at radius 3 is 2.62 bits per heavy atom. The third-order valence-corrected chi connectivity index (χ3v) is 5.58. The fraction of sp³-hybridized carbons (Fsp3) is 0.435. The van der Waals surface area contributed by atoms with Crippen LogP contribution in [0.25, 0.3) is 6.08 Å². The molecular formula is C23H30N2O3S. The molecule has 3 rings (SSSR count). The van der Waals surface area contributed by atoms with Crippen LogP contribution < -0.4 is 9.47 Å². The highest BCUT2D eigenvalue weighted by Gasteiger charge is 2.19. The lowest BCUT2D eigenvalue weighted by molar-refractivity contribution is -0.127. The van der Waals surface area contributed by atoms with Gasteiger partial charge in [0.1, 0.15) is 0 Å². The van der Waals surface area contributed by atoms with E-state index < -0.39 is 0 Å². The lowest BCUT2D eigenvalue weighted by Crippen LogP contribution is -2.47. The smallest absolute Gasteiger partial charge is 0.246 e. The second-order valence-corrected chi connectivity index (χ2v) is 8.46. The highest BCUT2D eigenvalue weighted by Crippen LogP contribution is 2.29. The minimum Gasteiger partial charge on any atom is -0.493 e. The number of thiophene rings is 1. The van der Waals surface area contributed by atoms with Crippen LogP contribution in [0.4, 0.5) is 0 Å². The summed E-state index contributed by atoms with van der Waals surface area (Å²) in [6, 6.07) is 7.91. The van der Waals surface area contributed by atoms with Crippen LogP contribution in [-0.2, 0) is 11.3 Å². The number of ether oxygens (including phenoxy) is 2. The molecule has 6 heteroatoms. The first-order chi connectivity index (χ1) is 14.0. The van der Waals surface area contributed by atoms with Crippen LogP contribution in [0, 0.1) is 5.92 Å². The molecule has 0 spiro atoms. The quantitative estimate of drug-likeness (QED) is 0.609. The molecule has 0 radical (unpaired) electrons. The van der Waals surface area contributed by atoms with Crippen molar-refractivity contribution >= 4 is 23.3 Å². The molecule has 1 saturated heterocycles. The Kier molecular flexibility index (Phi) is 7.72. The van der Waals surface area contributed by atoms with Gasteiger partial charge in [0, 0.05) is 38.8 Å². The van der Waals surface area contributed by atoms with Gasteiger partial charge in [-0.25, -0.2) is 0 Å². The fourth-order valence-corrected chi connectivity index (χ4v) is 3.86. The van der Waals surface area contributed by atoms with E-state index in [-0.39, 0.29) is 5.91 Å². The first-order valence-corrected chi connectivity index (χ1v) is 11.0. The maximum Gasteiger partial charge on any atom is 0.246 e. The molecule has 1 amide bonds. The Morgan fingerprint density at radius 2 is 1.97 bits per heavy atom. The Hall–Kier alpha value is -2.31. The van der Waals surface area contributed by atoms with Crippen LogP contribution in [0.15, 0.2) is 41.1 Å². The molecular weight excluding hydrogens is 384 g/mol. The summed E-state index contributed by atoms with van der Waals surface area (Å²) in [6.45, 7) is 9.16. The van der Waals surface area contributed by atoms with Crippen LogP contribution >= 0.6 is 11.3 Å². The molecule has 1 aromatic carbocycles. The molecule has 0 aliphatic carbocycles. The van der Waals surface area contributed by atoms with Gasteiger partial charge >= 0.3 is 0 Å². The Balaban J connectivity index is 1.52. The molecule has 0 N–H and O–H groups in total. The number of piperazine rings is 1. The monoisotopic (exact) mass is 414 g/mol. The maximum atomic E-state index is 12.6. The summed E-state index contributed by atoms with van der Waals surface area (Å²) < 4.78 is 11.2. The Labute approximate surface area is 177 Å². The van der Waals surface area contributed by atoms with E-state index in [0.29, 0.717) is 18.3 Å². The molecule has 29 heavy (non-hydrogen) atoms. The molecule has 2 heterocycles. The van der Waals surface area contributed by atoms with E-state index in [0.717, 1.165) is 44.0 Å². The van der Waals surface area contributed by atoms with Gasteiger partial charge < -0.3 is 14.4 Å². The molecule has 0 saturated carbocycles. The molecule has 1 aliphatic rings. The van der Waals surface area contributed by atoms with Crippen LogP contribution in [0.3, 0.4) is 0 Å². The van der Waals surface area contributed by atoms with E-state index >= 15 is 0 Å². The molecule has 5 nitrogen and oxygen atoms in total. The van der Waals surface area contributed by atoms with Crippen LogP contribution in [0.1, 0.15) is 25.0 Å². The second-order valence-electron chi connectivity index (χ2n) is 7.68. The largest absolute Gasteiger partial charge is 0.493 e. The summed E-state index contributed by atoms with van der Waals surface area (Å²) in [5, 5.41) is 4.30. The summed E-state index contributed by atoms with van der Waals surface area (Å²) in [4.78, 5) is 16.9. The molecule has 156 valence electrons. The van der Waals surface area contributed by atoms with E-state index in [9.17, 15) is 4.79 Å². The first kappa shape index (κ1) is 21.4. The predicted octanol–water partition coefficient (Wildman–Crippen LogP) is 4.15. The lowest BCUT2D eigenvalue weighted by Gasteiger charge is -2.34. The number of hydrogen-bond acceptors (Lipinski definition) is 5. The number of carbonyl (C=O) groups is 1. The zero-order valence-corrected chi connectivity index (χ0v) is 18.3. The van der Waals surface area contributed by atoms with Crippen molar-refractivity contribution in [2.45, 2.75) is 20.4 Å². The normalized spacial score (nSPS) is 15.2. The Bertz CT molecular complexity index is 810. The number of amides is 1. The van der Waals surface area contributed by atoms with Gasteiger partial charge in [-0.3, -0.25) is 9.69 Å². The van der Waals surface area contributed by atoms with Crippen LogP contribution in [-0.4, -0.2) is 55.6 Å². The zero-order chi connectivity index (χ0) is 20.6. The molecule has 0 unspecified atom stereocenters. The van der Waals surface area contributed by atoms with Gasteiger partial charge in [0.2, 0.25) is 5.91 Å². The van der Waals surface area contributed by atoms with Crippen molar-refractivity contribution in [3.8, 4) is 11.5 Å². The fourth-order valence-electron chi connectivity index (χ4n) is 3.20.